The molecule has 2 fully saturated rings. The van der Waals surface area contributed by atoms with E-state index in [0.717, 1.165) is 19.6 Å². The summed E-state index contributed by atoms with van der Waals surface area (Å²) in [5.41, 5.74) is 0. The van der Waals surface area contributed by atoms with Crippen LogP contribution in [0.1, 0.15) is 19.8 Å². The number of carbonyl (C=O) groups excluding carboxylic acids is 1. The topological polar surface area (TPSA) is 23.6 Å². The fourth-order valence-electron chi connectivity index (χ4n) is 2.71. The summed E-state index contributed by atoms with van der Waals surface area (Å²) < 4.78 is 0. The van der Waals surface area contributed by atoms with E-state index in [1.807, 2.05) is 4.90 Å². The summed E-state index contributed by atoms with van der Waals surface area (Å²) in [6.07, 6.45) is 3.79. The summed E-state index contributed by atoms with van der Waals surface area (Å²) in [5.74, 6) is 0.119. The predicted octanol–water partition coefficient (Wildman–Crippen LogP) is 0.867. The fraction of sp³-hybridized carbons (Fsp3) is 0.727. The van der Waals surface area contributed by atoms with Gasteiger partial charge in [-0.25, -0.2) is 0 Å². The number of hydrogen-bond acceptors (Lipinski definition) is 2. The minimum atomic E-state index is 0.119. The maximum atomic E-state index is 11.6. The normalized spacial score (nSPS) is 31.9. The van der Waals surface area contributed by atoms with Crippen molar-refractivity contribution in [2.45, 2.75) is 31.8 Å². The molecule has 2 atom stereocenters. The van der Waals surface area contributed by atoms with Crippen LogP contribution in [-0.2, 0) is 4.79 Å². The van der Waals surface area contributed by atoms with Crippen LogP contribution in [0.3, 0.4) is 0 Å². The van der Waals surface area contributed by atoms with Crippen LogP contribution in [0.5, 0.6) is 0 Å². The van der Waals surface area contributed by atoms with Crippen molar-refractivity contribution >= 4 is 5.91 Å². The Morgan fingerprint density at radius 3 is 2.43 bits per heavy atom. The lowest BCUT2D eigenvalue weighted by Crippen LogP contribution is -2.55. The first-order chi connectivity index (χ1) is 6.76. The quantitative estimate of drug-likeness (QED) is 0.609. The molecule has 3 heteroatoms. The van der Waals surface area contributed by atoms with Gasteiger partial charge in [-0.05, 0) is 25.5 Å². The van der Waals surface area contributed by atoms with E-state index in [9.17, 15) is 4.79 Å². The van der Waals surface area contributed by atoms with Crippen LogP contribution >= 0.6 is 0 Å². The molecule has 0 aromatic heterocycles. The van der Waals surface area contributed by atoms with Gasteiger partial charge in [0.2, 0.25) is 5.91 Å². The molecule has 2 aliphatic rings. The Kier molecular flexibility index (Phi) is 2.59. The number of rotatable bonds is 2. The summed E-state index contributed by atoms with van der Waals surface area (Å²) in [5, 5.41) is 0. The molecule has 0 radical (unpaired) electrons. The molecule has 0 aliphatic carbocycles. The molecule has 2 saturated heterocycles. The predicted molar refractivity (Wildman–Crippen MR) is 56.0 cm³/mol. The van der Waals surface area contributed by atoms with E-state index >= 15 is 0 Å². The van der Waals surface area contributed by atoms with Crippen molar-refractivity contribution in [1.29, 1.82) is 0 Å². The second-order valence-corrected chi connectivity index (χ2v) is 4.19. The van der Waals surface area contributed by atoms with Gasteiger partial charge in [-0.15, -0.1) is 0 Å². The molecule has 2 bridgehead atoms. The van der Waals surface area contributed by atoms with Gasteiger partial charge in [0, 0.05) is 25.2 Å². The molecule has 78 valence electrons. The van der Waals surface area contributed by atoms with Gasteiger partial charge in [-0.3, -0.25) is 9.69 Å². The number of hydrogen-bond donors (Lipinski definition) is 0. The number of likely N-dealkylation sites (tertiary alicyclic amines) is 1. The van der Waals surface area contributed by atoms with Gasteiger partial charge >= 0.3 is 0 Å². The second kappa shape index (κ2) is 3.73. The van der Waals surface area contributed by atoms with E-state index < -0.39 is 0 Å². The van der Waals surface area contributed by atoms with E-state index in [1.54, 1.807) is 0 Å². The molecular weight excluding hydrogens is 176 g/mol. The van der Waals surface area contributed by atoms with Crippen molar-refractivity contribution in [2.75, 3.05) is 19.6 Å². The Balaban J connectivity index is 2.10. The summed E-state index contributed by atoms with van der Waals surface area (Å²) in [4.78, 5) is 16.1. The molecule has 0 unspecified atom stereocenters. The van der Waals surface area contributed by atoms with Crippen LogP contribution in [0, 0.1) is 0 Å². The standard InChI is InChI=1S/C11H18N2O/c1-3-11(14)13-9-5-6-10(13)8-12(4-2)7-9/h3,9-10H,1,4-8H2,2H3/t9-,10+. The Morgan fingerprint density at radius 1 is 1.43 bits per heavy atom. The molecule has 14 heavy (non-hydrogen) atoms. The maximum Gasteiger partial charge on any atom is 0.246 e. The van der Waals surface area contributed by atoms with Gasteiger partial charge in [-0.2, -0.15) is 0 Å². The molecule has 0 aromatic carbocycles. The zero-order chi connectivity index (χ0) is 10.1. The number of amides is 1. The van der Waals surface area contributed by atoms with Crippen molar-refractivity contribution in [3.8, 4) is 0 Å². The maximum absolute atomic E-state index is 11.6. The summed E-state index contributed by atoms with van der Waals surface area (Å²) in [6, 6.07) is 0.887. The van der Waals surface area contributed by atoms with Crippen molar-refractivity contribution in [3.63, 3.8) is 0 Å². The zero-order valence-corrected chi connectivity index (χ0v) is 8.78. The van der Waals surface area contributed by atoms with Crippen LogP contribution in [0.4, 0.5) is 0 Å². The molecule has 0 spiro atoms. The van der Waals surface area contributed by atoms with E-state index in [0.29, 0.717) is 12.1 Å². The zero-order valence-electron chi connectivity index (χ0n) is 8.78. The molecule has 1 amide bonds. The van der Waals surface area contributed by atoms with E-state index in [2.05, 4.69) is 18.4 Å². The summed E-state index contributed by atoms with van der Waals surface area (Å²) >= 11 is 0. The Labute approximate surface area is 85.4 Å². The molecular formula is C11H18N2O. The van der Waals surface area contributed by atoms with Gasteiger partial charge in [0.25, 0.3) is 0 Å². The molecule has 0 N–H and O–H groups in total. The number of nitrogens with zero attached hydrogens (tertiary/aromatic N) is 2. The van der Waals surface area contributed by atoms with Crippen molar-refractivity contribution in [2.24, 2.45) is 0 Å². The molecule has 2 rings (SSSR count). The van der Waals surface area contributed by atoms with E-state index in [-0.39, 0.29) is 5.91 Å². The van der Waals surface area contributed by atoms with Gasteiger partial charge in [0.1, 0.15) is 0 Å². The van der Waals surface area contributed by atoms with Crippen LogP contribution in [-0.4, -0.2) is 47.4 Å². The highest BCUT2D eigenvalue weighted by atomic mass is 16.2. The molecule has 3 nitrogen and oxygen atoms in total. The summed E-state index contributed by atoms with van der Waals surface area (Å²) in [7, 11) is 0. The first kappa shape index (κ1) is 9.71. The van der Waals surface area contributed by atoms with Crippen molar-refractivity contribution in [1.82, 2.24) is 9.80 Å². The first-order valence-electron chi connectivity index (χ1n) is 5.43. The minimum Gasteiger partial charge on any atom is -0.331 e. The summed E-state index contributed by atoms with van der Waals surface area (Å²) in [6.45, 7) is 8.95. The first-order valence-corrected chi connectivity index (χ1v) is 5.43. The van der Waals surface area contributed by atoms with Gasteiger partial charge < -0.3 is 4.90 Å². The lowest BCUT2D eigenvalue weighted by molar-refractivity contribution is -0.131. The van der Waals surface area contributed by atoms with Crippen LogP contribution in [0.15, 0.2) is 12.7 Å². The number of fused-ring (bicyclic) bond motifs is 2. The largest absolute Gasteiger partial charge is 0.331 e. The average Bonchev–Trinajstić information content (AvgIpc) is 2.48. The van der Waals surface area contributed by atoms with Crippen LogP contribution in [0.2, 0.25) is 0 Å². The third-order valence-corrected chi connectivity index (χ3v) is 3.43. The Hall–Kier alpha value is -0.830. The molecule has 2 heterocycles. The average molecular weight is 194 g/mol. The molecule has 2 aliphatic heterocycles. The monoisotopic (exact) mass is 194 g/mol. The number of likely N-dealkylation sites (N-methyl/N-ethyl adjacent to an activating group) is 1. The number of carbonyl (C=O) groups is 1. The highest BCUT2D eigenvalue weighted by Gasteiger charge is 2.40. The van der Waals surface area contributed by atoms with Crippen molar-refractivity contribution in [3.05, 3.63) is 12.7 Å². The van der Waals surface area contributed by atoms with Gasteiger partial charge in [0.05, 0.1) is 0 Å². The van der Waals surface area contributed by atoms with E-state index in [4.69, 9.17) is 0 Å². The Morgan fingerprint density at radius 2 is 2.00 bits per heavy atom. The fourth-order valence-corrected chi connectivity index (χ4v) is 2.71. The lowest BCUT2D eigenvalue weighted by atomic mass is 10.2. The second-order valence-electron chi connectivity index (χ2n) is 4.19. The molecule has 0 saturated carbocycles. The van der Waals surface area contributed by atoms with Gasteiger partial charge in [-0.1, -0.05) is 13.5 Å². The van der Waals surface area contributed by atoms with E-state index in [1.165, 1.54) is 18.9 Å². The minimum absolute atomic E-state index is 0.119. The Bertz CT molecular complexity index is 238. The number of piperazine rings is 1. The smallest absolute Gasteiger partial charge is 0.246 e. The third-order valence-electron chi connectivity index (χ3n) is 3.43. The van der Waals surface area contributed by atoms with Crippen molar-refractivity contribution < 1.29 is 4.79 Å². The van der Waals surface area contributed by atoms with Gasteiger partial charge in [0.15, 0.2) is 0 Å². The van der Waals surface area contributed by atoms with Crippen LogP contribution < -0.4 is 0 Å². The highest BCUT2D eigenvalue weighted by molar-refractivity contribution is 5.87. The highest BCUT2D eigenvalue weighted by Crippen LogP contribution is 2.29. The lowest BCUT2D eigenvalue weighted by Gasteiger charge is -2.40. The SMILES string of the molecule is C=CC(=O)N1[C@@H]2CC[C@H]1CN(CC)C2. The van der Waals surface area contributed by atoms with Crippen LogP contribution in [0.25, 0.3) is 0 Å². The third kappa shape index (κ3) is 1.46. The molecule has 0 aromatic rings.